The molecular formula is C15H23N3O2. The van der Waals surface area contributed by atoms with Crippen molar-refractivity contribution in [2.75, 3.05) is 38.7 Å². The third-order valence-corrected chi connectivity index (χ3v) is 3.56. The smallest absolute Gasteiger partial charge is 0.265 e. The van der Waals surface area contributed by atoms with Crippen LogP contribution in [-0.4, -0.2) is 44.6 Å². The number of hydrogen-bond donors (Lipinski definition) is 1. The molecule has 0 bridgehead atoms. The molecule has 2 N–H and O–H groups in total. The number of nitrogens with two attached hydrogens (primary N) is 1. The van der Waals surface area contributed by atoms with Gasteiger partial charge < -0.3 is 20.3 Å². The van der Waals surface area contributed by atoms with Gasteiger partial charge in [-0.3, -0.25) is 4.79 Å². The van der Waals surface area contributed by atoms with Crippen molar-refractivity contribution >= 4 is 11.6 Å². The van der Waals surface area contributed by atoms with Gasteiger partial charge in [-0.2, -0.15) is 0 Å². The Balaban J connectivity index is 2.29. The summed E-state index contributed by atoms with van der Waals surface area (Å²) in [6.45, 7) is 3.64. The van der Waals surface area contributed by atoms with E-state index in [-0.39, 0.29) is 18.6 Å². The van der Waals surface area contributed by atoms with Crippen LogP contribution in [0.3, 0.4) is 0 Å². The van der Waals surface area contributed by atoms with Crippen LogP contribution in [0.15, 0.2) is 18.2 Å². The van der Waals surface area contributed by atoms with Crippen LogP contribution in [0.5, 0.6) is 5.75 Å². The molecule has 0 radical (unpaired) electrons. The van der Waals surface area contributed by atoms with E-state index in [0.29, 0.717) is 6.54 Å². The lowest BCUT2D eigenvalue weighted by Gasteiger charge is -2.31. The number of likely N-dealkylation sites (N-methyl/N-ethyl adjacent to an activating group) is 1. The number of benzene rings is 1. The SMILES string of the molecule is CCC(N)c1ccc2c(c1)N(CCN(C)C)C(=O)CO2. The first-order valence-electron chi connectivity index (χ1n) is 7.00. The molecule has 0 spiro atoms. The van der Waals surface area contributed by atoms with E-state index in [1.807, 2.05) is 32.3 Å². The average molecular weight is 277 g/mol. The summed E-state index contributed by atoms with van der Waals surface area (Å²) in [7, 11) is 3.99. The Labute approximate surface area is 120 Å². The number of nitrogens with zero attached hydrogens (tertiary/aromatic N) is 2. The highest BCUT2D eigenvalue weighted by molar-refractivity contribution is 5.97. The van der Waals surface area contributed by atoms with Crippen molar-refractivity contribution in [3.63, 3.8) is 0 Å². The Morgan fingerprint density at radius 1 is 1.45 bits per heavy atom. The Morgan fingerprint density at radius 2 is 2.20 bits per heavy atom. The zero-order chi connectivity index (χ0) is 14.7. The molecule has 1 atom stereocenters. The first kappa shape index (κ1) is 14.8. The molecular weight excluding hydrogens is 254 g/mol. The maximum Gasteiger partial charge on any atom is 0.265 e. The van der Waals surface area contributed by atoms with Gasteiger partial charge in [-0.05, 0) is 38.2 Å². The van der Waals surface area contributed by atoms with Crippen LogP contribution in [-0.2, 0) is 4.79 Å². The van der Waals surface area contributed by atoms with Gasteiger partial charge in [-0.1, -0.05) is 13.0 Å². The predicted molar refractivity (Wildman–Crippen MR) is 80.1 cm³/mol. The second kappa shape index (κ2) is 6.24. The van der Waals surface area contributed by atoms with Crippen molar-refractivity contribution in [1.82, 2.24) is 4.90 Å². The third kappa shape index (κ3) is 3.11. The van der Waals surface area contributed by atoms with Gasteiger partial charge in [0.1, 0.15) is 5.75 Å². The second-order valence-electron chi connectivity index (χ2n) is 5.38. The van der Waals surface area contributed by atoms with E-state index in [1.54, 1.807) is 4.90 Å². The van der Waals surface area contributed by atoms with E-state index in [2.05, 4.69) is 11.8 Å². The van der Waals surface area contributed by atoms with Crippen molar-refractivity contribution in [1.29, 1.82) is 0 Å². The molecule has 2 rings (SSSR count). The fourth-order valence-corrected chi connectivity index (χ4v) is 2.23. The number of carbonyl (C=O) groups is 1. The third-order valence-electron chi connectivity index (χ3n) is 3.56. The molecule has 0 saturated carbocycles. The zero-order valence-corrected chi connectivity index (χ0v) is 12.4. The van der Waals surface area contributed by atoms with Crippen molar-refractivity contribution in [2.45, 2.75) is 19.4 Å². The standard InChI is InChI=1S/C15H23N3O2/c1-4-12(16)11-5-6-14-13(9-11)18(8-7-17(2)3)15(19)10-20-14/h5-6,9,12H,4,7-8,10,16H2,1-3H3. The van der Waals surface area contributed by atoms with E-state index in [4.69, 9.17) is 10.5 Å². The van der Waals surface area contributed by atoms with Gasteiger partial charge in [0, 0.05) is 19.1 Å². The number of rotatable bonds is 5. The second-order valence-corrected chi connectivity index (χ2v) is 5.38. The van der Waals surface area contributed by atoms with Crippen LogP contribution in [0.1, 0.15) is 24.9 Å². The van der Waals surface area contributed by atoms with Crippen molar-refractivity contribution < 1.29 is 9.53 Å². The molecule has 0 aliphatic carbocycles. The lowest BCUT2D eigenvalue weighted by Crippen LogP contribution is -2.42. The minimum Gasteiger partial charge on any atom is -0.482 e. The Morgan fingerprint density at radius 3 is 2.85 bits per heavy atom. The number of carbonyl (C=O) groups excluding carboxylic acids is 1. The lowest BCUT2D eigenvalue weighted by atomic mass is 10.0. The van der Waals surface area contributed by atoms with Crippen LogP contribution in [0.2, 0.25) is 0 Å². The summed E-state index contributed by atoms with van der Waals surface area (Å²) in [6.07, 6.45) is 0.866. The first-order valence-corrected chi connectivity index (χ1v) is 7.00. The number of amides is 1. The molecule has 5 heteroatoms. The average Bonchev–Trinajstić information content (AvgIpc) is 2.44. The highest BCUT2D eigenvalue weighted by Gasteiger charge is 2.26. The summed E-state index contributed by atoms with van der Waals surface area (Å²) in [5.41, 5.74) is 7.96. The van der Waals surface area contributed by atoms with E-state index < -0.39 is 0 Å². The summed E-state index contributed by atoms with van der Waals surface area (Å²) in [5, 5.41) is 0. The quantitative estimate of drug-likeness (QED) is 0.883. The maximum atomic E-state index is 12.1. The largest absolute Gasteiger partial charge is 0.482 e. The first-order chi connectivity index (χ1) is 9.52. The molecule has 5 nitrogen and oxygen atoms in total. The van der Waals surface area contributed by atoms with Gasteiger partial charge >= 0.3 is 0 Å². The van der Waals surface area contributed by atoms with Crippen LogP contribution in [0.25, 0.3) is 0 Å². The predicted octanol–water partition coefficient (Wildman–Crippen LogP) is 1.38. The monoisotopic (exact) mass is 277 g/mol. The molecule has 1 aromatic carbocycles. The van der Waals surface area contributed by atoms with Gasteiger partial charge in [0.15, 0.2) is 6.61 Å². The fourth-order valence-electron chi connectivity index (χ4n) is 2.23. The van der Waals surface area contributed by atoms with Crippen LogP contribution < -0.4 is 15.4 Å². The number of hydrogen-bond acceptors (Lipinski definition) is 4. The Kier molecular flexibility index (Phi) is 4.62. The summed E-state index contributed by atoms with van der Waals surface area (Å²) in [4.78, 5) is 15.9. The Bertz CT molecular complexity index is 488. The molecule has 0 aromatic heterocycles. The molecule has 1 aliphatic heterocycles. The molecule has 0 saturated heterocycles. The summed E-state index contributed by atoms with van der Waals surface area (Å²) < 4.78 is 5.50. The topological polar surface area (TPSA) is 58.8 Å². The number of anilines is 1. The summed E-state index contributed by atoms with van der Waals surface area (Å²) in [6, 6.07) is 5.87. The molecule has 1 aliphatic rings. The maximum absolute atomic E-state index is 12.1. The van der Waals surface area contributed by atoms with E-state index >= 15 is 0 Å². The van der Waals surface area contributed by atoms with Crippen LogP contribution in [0.4, 0.5) is 5.69 Å². The van der Waals surface area contributed by atoms with Crippen molar-refractivity contribution in [3.8, 4) is 5.75 Å². The fraction of sp³-hybridized carbons (Fsp3) is 0.533. The van der Waals surface area contributed by atoms with E-state index in [9.17, 15) is 4.79 Å². The molecule has 110 valence electrons. The van der Waals surface area contributed by atoms with Crippen molar-refractivity contribution in [3.05, 3.63) is 23.8 Å². The van der Waals surface area contributed by atoms with E-state index in [0.717, 1.165) is 30.0 Å². The molecule has 1 aromatic rings. The van der Waals surface area contributed by atoms with E-state index in [1.165, 1.54) is 0 Å². The highest BCUT2D eigenvalue weighted by atomic mass is 16.5. The van der Waals surface area contributed by atoms with Gasteiger partial charge in [0.25, 0.3) is 5.91 Å². The van der Waals surface area contributed by atoms with Gasteiger partial charge in [-0.25, -0.2) is 0 Å². The lowest BCUT2D eigenvalue weighted by molar-refractivity contribution is -0.121. The molecule has 1 amide bonds. The van der Waals surface area contributed by atoms with Crippen molar-refractivity contribution in [2.24, 2.45) is 5.73 Å². The van der Waals surface area contributed by atoms with Gasteiger partial charge in [0.2, 0.25) is 0 Å². The summed E-state index contributed by atoms with van der Waals surface area (Å²) >= 11 is 0. The minimum atomic E-state index is -0.00646. The molecule has 1 unspecified atom stereocenters. The molecule has 1 heterocycles. The van der Waals surface area contributed by atoms with Crippen LogP contribution in [0, 0.1) is 0 Å². The number of ether oxygens (including phenoxy) is 1. The van der Waals surface area contributed by atoms with Gasteiger partial charge in [0.05, 0.1) is 5.69 Å². The normalized spacial score (nSPS) is 16.1. The Hall–Kier alpha value is -1.59. The van der Waals surface area contributed by atoms with Gasteiger partial charge in [-0.15, -0.1) is 0 Å². The molecule has 20 heavy (non-hydrogen) atoms. The highest BCUT2D eigenvalue weighted by Crippen LogP contribution is 2.34. The molecule has 0 fully saturated rings. The number of fused-ring (bicyclic) bond motifs is 1. The van der Waals surface area contributed by atoms with Crippen LogP contribution >= 0.6 is 0 Å². The summed E-state index contributed by atoms with van der Waals surface area (Å²) in [5.74, 6) is 0.761. The zero-order valence-electron chi connectivity index (χ0n) is 12.4. The minimum absolute atomic E-state index is 0.00145.